The zero-order chi connectivity index (χ0) is 23.5. The summed E-state index contributed by atoms with van der Waals surface area (Å²) in [5, 5.41) is 9.10. The number of nitrogens with one attached hydrogen (secondary N) is 2. The predicted molar refractivity (Wildman–Crippen MR) is 133 cm³/mol. The van der Waals surface area contributed by atoms with Crippen molar-refractivity contribution in [3.63, 3.8) is 0 Å². The van der Waals surface area contributed by atoms with Crippen molar-refractivity contribution < 1.29 is 13.2 Å². The molecule has 12 heteroatoms. The highest BCUT2D eigenvalue weighted by molar-refractivity contribution is 7.93. The maximum Gasteiger partial charge on any atom is 0.263 e. The SMILES string of the molecule is [N-]=[N+]=Nc1ccc(N2CCOc3cc(S(=O)(=O)Nc4nccs4)ccc32)c(C2=CCNCC2)c1. The molecule has 2 aliphatic rings. The number of azide groups is 1. The van der Waals surface area contributed by atoms with E-state index < -0.39 is 10.0 Å². The average molecular weight is 496 g/mol. The molecule has 174 valence electrons. The lowest BCUT2D eigenvalue weighted by Crippen LogP contribution is -2.30. The van der Waals surface area contributed by atoms with Crippen LogP contribution in [-0.2, 0) is 10.0 Å². The highest BCUT2D eigenvalue weighted by Gasteiger charge is 2.26. The standard InChI is InChI=1S/C22H21N7O3S2/c23-28-26-16-1-3-19(18(13-16)15-5-7-24-8-6-15)29-10-11-32-21-14-17(2-4-20(21)29)34(30,31)27-22-25-9-12-33-22/h1-5,9,12-14,24H,6-8,10-11H2,(H,25,27). The molecule has 2 aromatic carbocycles. The molecule has 2 N–H and O–H groups in total. The Hall–Kier alpha value is -3.57. The quantitative estimate of drug-likeness (QED) is 0.287. The monoisotopic (exact) mass is 495 g/mol. The van der Waals surface area contributed by atoms with Crippen LogP contribution in [0.25, 0.3) is 16.0 Å². The zero-order valence-corrected chi connectivity index (χ0v) is 19.6. The summed E-state index contributed by atoms with van der Waals surface area (Å²) in [7, 11) is -3.80. The number of hydrogen-bond acceptors (Lipinski definition) is 8. The fourth-order valence-corrected chi connectivity index (χ4v) is 5.87. The molecule has 0 bridgehead atoms. The number of ether oxygens (including phenoxy) is 1. The summed E-state index contributed by atoms with van der Waals surface area (Å²) < 4.78 is 34.0. The molecule has 10 nitrogen and oxygen atoms in total. The van der Waals surface area contributed by atoms with E-state index in [0.29, 0.717) is 29.7 Å². The highest BCUT2D eigenvalue weighted by atomic mass is 32.2. The highest BCUT2D eigenvalue weighted by Crippen LogP contribution is 2.42. The van der Waals surface area contributed by atoms with E-state index in [4.69, 9.17) is 10.3 Å². The lowest BCUT2D eigenvalue weighted by Gasteiger charge is -2.33. The van der Waals surface area contributed by atoms with Gasteiger partial charge in [0, 0.05) is 46.0 Å². The van der Waals surface area contributed by atoms with Gasteiger partial charge >= 0.3 is 0 Å². The molecule has 3 aromatic rings. The maximum atomic E-state index is 12.8. The van der Waals surface area contributed by atoms with Gasteiger partial charge in [-0.15, -0.1) is 11.3 Å². The first kappa shape index (κ1) is 22.2. The Labute approximate surface area is 200 Å². The number of thiazole rings is 1. The van der Waals surface area contributed by atoms with Crippen molar-refractivity contribution in [2.24, 2.45) is 5.11 Å². The third kappa shape index (κ3) is 4.44. The Bertz CT molecular complexity index is 1400. The second-order valence-electron chi connectivity index (χ2n) is 7.65. The number of fused-ring (bicyclic) bond motifs is 1. The fourth-order valence-electron chi connectivity index (χ4n) is 4.06. The topological polar surface area (TPSA) is 132 Å². The van der Waals surface area contributed by atoms with Crippen LogP contribution in [0.4, 0.5) is 22.2 Å². The van der Waals surface area contributed by atoms with Gasteiger partial charge in [-0.25, -0.2) is 13.4 Å². The van der Waals surface area contributed by atoms with Gasteiger partial charge in [0.2, 0.25) is 0 Å². The maximum absolute atomic E-state index is 12.8. The molecule has 5 rings (SSSR count). The van der Waals surface area contributed by atoms with E-state index in [2.05, 4.69) is 36.0 Å². The Morgan fingerprint density at radius 2 is 2.12 bits per heavy atom. The van der Waals surface area contributed by atoms with Gasteiger partial charge in [-0.2, -0.15) is 0 Å². The molecule has 0 radical (unpaired) electrons. The molecular formula is C22H21N7O3S2. The Balaban J connectivity index is 1.54. The van der Waals surface area contributed by atoms with E-state index in [0.717, 1.165) is 36.4 Å². The number of aromatic nitrogens is 1. The first-order valence-electron chi connectivity index (χ1n) is 10.6. The summed E-state index contributed by atoms with van der Waals surface area (Å²) in [5.41, 5.74) is 13.3. The second-order valence-corrected chi connectivity index (χ2v) is 10.2. The summed E-state index contributed by atoms with van der Waals surface area (Å²) in [6, 6.07) is 10.5. The van der Waals surface area contributed by atoms with Gasteiger partial charge in [-0.05, 0) is 48.3 Å². The van der Waals surface area contributed by atoms with Crippen molar-refractivity contribution in [1.82, 2.24) is 10.3 Å². The number of sulfonamides is 1. The van der Waals surface area contributed by atoms with E-state index in [1.807, 2.05) is 12.1 Å². The Morgan fingerprint density at radius 1 is 1.24 bits per heavy atom. The lowest BCUT2D eigenvalue weighted by atomic mass is 9.96. The Morgan fingerprint density at radius 3 is 2.88 bits per heavy atom. The minimum absolute atomic E-state index is 0.100. The zero-order valence-electron chi connectivity index (χ0n) is 18.0. The van der Waals surface area contributed by atoms with Crippen LogP contribution in [0, 0.1) is 0 Å². The number of hydrogen-bond donors (Lipinski definition) is 2. The van der Waals surface area contributed by atoms with Crippen LogP contribution in [0.2, 0.25) is 0 Å². The predicted octanol–water partition coefficient (Wildman–Crippen LogP) is 4.79. The largest absolute Gasteiger partial charge is 0.489 e. The lowest BCUT2D eigenvalue weighted by molar-refractivity contribution is 0.313. The molecule has 0 unspecified atom stereocenters. The molecule has 0 atom stereocenters. The van der Waals surface area contributed by atoms with Gasteiger partial charge in [0.1, 0.15) is 12.4 Å². The number of nitrogens with zero attached hydrogens (tertiary/aromatic N) is 5. The van der Waals surface area contributed by atoms with Crippen molar-refractivity contribution in [2.75, 3.05) is 35.9 Å². The van der Waals surface area contributed by atoms with E-state index in [9.17, 15) is 8.42 Å². The van der Waals surface area contributed by atoms with Gasteiger partial charge in [0.05, 0.1) is 17.1 Å². The third-order valence-electron chi connectivity index (χ3n) is 5.60. The molecule has 0 amide bonds. The minimum Gasteiger partial charge on any atom is -0.489 e. The average Bonchev–Trinajstić information content (AvgIpc) is 3.36. The van der Waals surface area contributed by atoms with Crippen LogP contribution in [-0.4, -0.2) is 39.6 Å². The van der Waals surface area contributed by atoms with Gasteiger partial charge in [-0.3, -0.25) is 4.72 Å². The van der Waals surface area contributed by atoms with Crippen LogP contribution < -0.4 is 19.7 Å². The van der Waals surface area contributed by atoms with Gasteiger partial charge in [-0.1, -0.05) is 17.3 Å². The van der Waals surface area contributed by atoms with E-state index in [1.165, 1.54) is 23.0 Å². The van der Waals surface area contributed by atoms with Crippen LogP contribution in [0.3, 0.4) is 0 Å². The Kier molecular flexibility index (Phi) is 6.12. The van der Waals surface area contributed by atoms with Crippen LogP contribution in [0.1, 0.15) is 12.0 Å². The molecule has 0 spiro atoms. The molecular weight excluding hydrogens is 474 g/mol. The van der Waals surface area contributed by atoms with Crippen LogP contribution in [0.15, 0.2) is 64.1 Å². The minimum atomic E-state index is -3.80. The van der Waals surface area contributed by atoms with Gasteiger partial charge in [0.25, 0.3) is 10.0 Å². The molecule has 3 heterocycles. The third-order valence-corrected chi connectivity index (χ3v) is 7.75. The molecule has 0 saturated carbocycles. The molecule has 0 fully saturated rings. The number of rotatable bonds is 6. The first-order valence-corrected chi connectivity index (χ1v) is 13.0. The van der Waals surface area contributed by atoms with Gasteiger partial charge in [0.15, 0.2) is 5.13 Å². The van der Waals surface area contributed by atoms with Crippen LogP contribution in [0.5, 0.6) is 5.75 Å². The van der Waals surface area contributed by atoms with E-state index in [-0.39, 0.29) is 4.90 Å². The number of benzene rings is 2. The molecule has 1 aromatic heterocycles. The summed E-state index contributed by atoms with van der Waals surface area (Å²) in [5.74, 6) is 0.484. The fraction of sp³-hybridized carbons (Fsp3) is 0.227. The number of anilines is 3. The van der Waals surface area contributed by atoms with Crippen molar-refractivity contribution in [3.05, 3.63) is 70.1 Å². The second kappa shape index (κ2) is 9.35. The van der Waals surface area contributed by atoms with Crippen LogP contribution >= 0.6 is 11.3 Å². The smallest absolute Gasteiger partial charge is 0.263 e. The van der Waals surface area contributed by atoms with Crippen molar-refractivity contribution in [3.8, 4) is 5.75 Å². The van der Waals surface area contributed by atoms with Gasteiger partial charge < -0.3 is 15.0 Å². The molecule has 0 aliphatic carbocycles. The normalized spacial score (nSPS) is 15.5. The summed E-state index contributed by atoms with van der Waals surface area (Å²) >= 11 is 1.21. The summed E-state index contributed by atoms with van der Waals surface area (Å²) in [4.78, 5) is 9.12. The molecule has 0 saturated heterocycles. The summed E-state index contributed by atoms with van der Waals surface area (Å²) in [6.45, 7) is 2.63. The van der Waals surface area contributed by atoms with E-state index in [1.54, 1.807) is 29.8 Å². The van der Waals surface area contributed by atoms with Crippen molar-refractivity contribution in [1.29, 1.82) is 0 Å². The molecule has 2 aliphatic heterocycles. The van der Waals surface area contributed by atoms with E-state index >= 15 is 0 Å². The summed E-state index contributed by atoms with van der Waals surface area (Å²) in [6.07, 6.45) is 4.53. The van der Waals surface area contributed by atoms with Crippen molar-refractivity contribution >= 4 is 49.1 Å². The van der Waals surface area contributed by atoms with Crippen molar-refractivity contribution in [2.45, 2.75) is 11.3 Å². The first-order chi connectivity index (χ1) is 16.5. The molecule has 34 heavy (non-hydrogen) atoms.